The van der Waals surface area contributed by atoms with E-state index in [0.717, 1.165) is 78.8 Å². The van der Waals surface area contributed by atoms with Gasteiger partial charge in [-0.15, -0.1) is 0 Å². The van der Waals surface area contributed by atoms with Crippen LogP contribution in [0.3, 0.4) is 0 Å². The van der Waals surface area contributed by atoms with E-state index in [2.05, 4.69) is 163 Å². The lowest BCUT2D eigenvalue weighted by Crippen LogP contribution is -2.10. The number of anilines is 3. The van der Waals surface area contributed by atoms with Crippen molar-refractivity contribution in [3.63, 3.8) is 0 Å². The zero-order chi connectivity index (χ0) is 40.8. The van der Waals surface area contributed by atoms with Crippen LogP contribution >= 0.6 is 0 Å². The number of nitrogens with zero attached hydrogens (tertiary/aromatic N) is 5. The first-order valence-corrected chi connectivity index (χ1v) is 20.4. The number of hydrogen-bond donors (Lipinski definition) is 0. The summed E-state index contributed by atoms with van der Waals surface area (Å²) in [6.45, 7) is 0. The second-order valence-electron chi connectivity index (χ2n) is 14.7. The Morgan fingerprint density at radius 3 is 0.754 bits per heavy atom. The Bertz CT molecular complexity index is 2730. The first-order chi connectivity index (χ1) is 30.2. The fraction of sp³-hybridized carbons (Fsp3) is 0. The topological polar surface area (TPSA) is 54.8 Å². The molecule has 8 aromatic carbocycles. The van der Waals surface area contributed by atoms with Crippen LogP contribution in [0.2, 0.25) is 0 Å². The maximum absolute atomic E-state index is 5.08. The van der Waals surface area contributed by atoms with Crippen LogP contribution in [0, 0.1) is 0 Å². The highest BCUT2D eigenvalue weighted by molar-refractivity contribution is 5.82. The third kappa shape index (κ3) is 8.09. The minimum atomic E-state index is 0.691. The van der Waals surface area contributed by atoms with E-state index in [9.17, 15) is 0 Å². The van der Waals surface area contributed by atoms with Crippen LogP contribution in [0.5, 0.6) is 0 Å². The summed E-state index contributed by atoms with van der Waals surface area (Å²) in [4.78, 5) is 22.4. The molecule has 5 heteroatoms. The lowest BCUT2D eigenvalue weighted by molar-refractivity contribution is 1.18. The molecule has 0 aliphatic rings. The molecule has 61 heavy (non-hydrogen) atoms. The Balaban J connectivity index is 1.04. The molecule has 0 N–H and O–H groups in total. The molecular formula is C56H39N5. The zero-order valence-electron chi connectivity index (χ0n) is 33.3. The van der Waals surface area contributed by atoms with Crippen molar-refractivity contribution in [1.82, 2.24) is 19.9 Å². The third-order valence-corrected chi connectivity index (χ3v) is 10.7. The van der Waals surface area contributed by atoms with Crippen molar-refractivity contribution in [2.45, 2.75) is 0 Å². The van der Waals surface area contributed by atoms with Gasteiger partial charge in [0.2, 0.25) is 0 Å². The second kappa shape index (κ2) is 16.9. The van der Waals surface area contributed by atoms with Crippen LogP contribution in [0.1, 0.15) is 0 Å². The molecule has 5 nitrogen and oxygen atoms in total. The van der Waals surface area contributed by atoms with Crippen LogP contribution in [0.4, 0.5) is 17.1 Å². The van der Waals surface area contributed by atoms with Crippen molar-refractivity contribution in [3.8, 4) is 78.9 Å². The quantitative estimate of drug-likeness (QED) is 0.138. The Labute approximate surface area is 356 Å². The lowest BCUT2D eigenvalue weighted by Gasteiger charge is -2.26. The third-order valence-electron chi connectivity index (χ3n) is 10.7. The second-order valence-corrected chi connectivity index (χ2v) is 14.7. The molecule has 0 unspecified atom stereocenters. The number of aromatic nitrogens is 4. The predicted octanol–water partition coefficient (Wildman–Crippen LogP) is 14.4. The van der Waals surface area contributed by atoms with Crippen molar-refractivity contribution in [2.75, 3.05) is 4.90 Å². The Morgan fingerprint density at radius 2 is 0.443 bits per heavy atom. The van der Waals surface area contributed by atoms with Crippen LogP contribution in [0.15, 0.2) is 237 Å². The van der Waals surface area contributed by atoms with E-state index in [0.29, 0.717) is 11.6 Å². The first kappa shape index (κ1) is 37.0. The summed E-state index contributed by atoms with van der Waals surface area (Å²) in [7, 11) is 0. The van der Waals surface area contributed by atoms with Gasteiger partial charge in [-0.3, -0.25) is 0 Å². The molecule has 0 bridgehead atoms. The zero-order valence-corrected chi connectivity index (χ0v) is 33.3. The maximum atomic E-state index is 5.08. The van der Waals surface area contributed by atoms with Crippen LogP contribution < -0.4 is 4.90 Å². The van der Waals surface area contributed by atoms with Gasteiger partial charge < -0.3 is 4.90 Å². The van der Waals surface area contributed by atoms with Gasteiger partial charge in [-0.1, -0.05) is 188 Å². The van der Waals surface area contributed by atoms with Crippen molar-refractivity contribution in [1.29, 1.82) is 0 Å². The largest absolute Gasteiger partial charge is 0.311 e. The van der Waals surface area contributed by atoms with E-state index in [1.165, 1.54) is 5.56 Å². The molecule has 0 spiro atoms. The Morgan fingerprint density at radius 1 is 0.213 bits per heavy atom. The molecule has 0 saturated heterocycles. The lowest BCUT2D eigenvalue weighted by atomic mass is 10.0. The highest BCUT2D eigenvalue weighted by Crippen LogP contribution is 2.38. The van der Waals surface area contributed by atoms with E-state index in [-0.39, 0.29) is 0 Å². The monoisotopic (exact) mass is 781 g/mol. The summed E-state index contributed by atoms with van der Waals surface area (Å²) >= 11 is 0. The van der Waals surface area contributed by atoms with Crippen LogP contribution in [-0.4, -0.2) is 19.9 Å². The Kier molecular flexibility index (Phi) is 10.3. The standard InChI is InChI=1S/C56H39N5/c1-6-16-40(17-7-1)41-26-32-48(33-27-41)61(49-34-28-44(29-35-49)53-38-51(42-18-8-2-9-19-42)57-55(59-53)46-22-12-4-13-23-46)50-36-30-45(31-37-50)54-39-52(43-20-10-3-11-21-43)58-56(60-54)47-24-14-5-15-25-47/h1-39H. The van der Waals surface area contributed by atoms with Crippen LogP contribution in [0.25, 0.3) is 78.9 Å². The highest BCUT2D eigenvalue weighted by Gasteiger charge is 2.17. The van der Waals surface area contributed by atoms with Gasteiger partial charge in [-0.05, 0) is 59.7 Å². The van der Waals surface area contributed by atoms with Gasteiger partial charge in [0, 0.05) is 50.4 Å². The Hall–Kier alpha value is -8.28. The van der Waals surface area contributed by atoms with Gasteiger partial charge in [-0.25, -0.2) is 19.9 Å². The number of hydrogen-bond acceptors (Lipinski definition) is 5. The summed E-state index contributed by atoms with van der Waals surface area (Å²) in [6, 6.07) is 81.6. The first-order valence-electron chi connectivity index (χ1n) is 20.4. The van der Waals surface area contributed by atoms with Gasteiger partial charge in [0.1, 0.15) is 0 Å². The molecule has 0 aliphatic carbocycles. The summed E-state index contributed by atoms with van der Waals surface area (Å²) in [5.74, 6) is 1.38. The summed E-state index contributed by atoms with van der Waals surface area (Å²) < 4.78 is 0. The summed E-state index contributed by atoms with van der Waals surface area (Å²) in [6.07, 6.45) is 0. The molecule has 0 aliphatic heterocycles. The molecule has 0 amide bonds. The summed E-state index contributed by atoms with van der Waals surface area (Å²) in [5, 5.41) is 0. The summed E-state index contributed by atoms with van der Waals surface area (Å²) in [5.41, 5.74) is 14.9. The van der Waals surface area contributed by atoms with Gasteiger partial charge in [0.15, 0.2) is 11.6 Å². The van der Waals surface area contributed by atoms with Crippen molar-refractivity contribution in [3.05, 3.63) is 237 Å². The number of rotatable bonds is 10. The maximum Gasteiger partial charge on any atom is 0.160 e. The fourth-order valence-electron chi connectivity index (χ4n) is 7.58. The van der Waals surface area contributed by atoms with Crippen molar-refractivity contribution >= 4 is 17.1 Å². The normalized spacial score (nSPS) is 11.0. The van der Waals surface area contributed by atoms with E-state index < -0.39 is 0 Å². The van der Waals surface area contributed by atoms with E-state index in [1.807, 2.05) is 78.9 Å². The molecule has 0 radical (unpaired) electrons. The predicted molar refractivity (Wildman–Crippen MR) is 250 cm³/mol. The molecule has 288 valence electrons. The molecule has 0 fully saturated rings. The molecule has 10 aromatic rings. The van der Waals surface area contributed by atoms with E-state index in [1.54, 1.807) is 0 Å². The van der Waals surface area contributed by atoms with Gasteiger partial charge in [0.05, 0.1) is 22.8 Å². The number of benzene rings is 8. The molecule has 10 rings (SSSR count). The average molecular weight is 782 g/mol. The minimum absolute atomic E-state index is 0.691. The van der Waals surface area contributed by atoms with E-state index in [4.69, 9.17) is 19.9 Å². The molecule has 2 heterocycles. The van der Waals surface area contributed by atoms with Crippen LogP contribution in [-0.2, 0) is 0 Å². The van der Waals surface area contributed by atoms with Gasteiger partial charge in [-0.2, -0.15) is 0 Å². The molecule has 0 saturated carbocycles. The van der Waals surface area contributed by atoms with Crippen molar-refractivity contribution in [2.24, 2.45) is 0 Å². The smallest absolute Gasteiger partial charge is 0.160 e. The van der Waals surface area contributed by atoms with Crippen molar-refractivity contribution < 1.29 is 0 Å². The minimum Gasteiger partial charge on any atom is -0.311 e. The molecule has 2 aromatic heterocycles. The van der Waals surface area contributed by atoms with Gasteiger partial charge >= 0.3 is 0 Å². The molecular weight excluding hydrogens is 743 g/mol. The SMILES string of the molecule is c1ccc(-c2ccc(N(c3ccc(-c4cc(-c5ccccc5)nc(-c5ccccc5)n4)cc3)c3ccc(-c4cc(-c5ccccc5)nc(-c5ccccc5)n4)cc3)cc2)cc1. The van der Waals surface area contributed by atoms with Gasteiger partial charge in [0.25, 0.3) is 0 Å². The average Bonchev–Trinajstić information content (AvgIpc) is 3.36. The molecule has 0 atom stereocenters. The highest BCUT2D eigenvalue weighted by atomic mass is 15.1. The van der Waals surface area contributed by atoms with E-state index >= 15 is 0 Å². The fourth-order valence-corrected chi connectivity index (χ4v) is 7.58.